The number of rotatable bonds is 6. The van der Waals surface area contributed by atoms with Gasteiger partial charge < -0.3 is 10.1 Å². The van der Waals surface area contributed by atoms with Crippen molar-refractivity contribution in [1.29, 1.82) is 0 Å². The molecule has 1 heterocycles. The van der Waals surface area contributed by atoms with Gasteiger partial charge >= 0.3 is 6.18 Å². The minimum Gasteiger partial charge on any atom is -0.494 e. The van der Waals surface area contributed by atoms with E-state index in [1.54, 1.807) is 30.3 Å². The van der Waals surface area contributed by atoms with E-state index in [4.69, 9.17) is 4.74 Å². The Kier molecular flexibility index (Phi) is 6.65. The van der Waals surface area contributed by atoms with Gasteiger partial charge in [0, 0.05) is 21.7 Å². The van der Waals surface area contributed by atoms with Crippen LogP contribution in [0.2, 0.25) is 0 Å². The Balaban J connectivity index is 1.66. The minimum absolute atomic E-state index is 0.00844. The fourth-order valence-corrected chi connectivity index (χ4v) is 4.58. The SMILES string of the molecule is COC1=C(C(=O)c2ccccc2)N(CC(=O)Nc2cccc(C(F)(F)F)c2)Sc2ccccc21. The summed E-state index contributed by atoms with van der Waals surface area (Å²) >= 11 is 1.19. The second kappa shape index (κ2) is 9.64. The molecule has 1 amide bonds. The minimum atomic E-state index is -4.53. The standard InChI is InChI=1S/C25H19F3N2O3S/c1-33-24-19-12-5-6-13-20(19)34-30(22(24)23(32)16-8-3-2-4-9-16)15-21(31)29-18-11-7-10-17(14-18)25(26,27)28/h2-14H,15H2,1H3,(H,29,31). The van der Waals surface area contributed by atoms with Crippen molar-refractivity contribution in [2.45, 2.75) is 11.1 Å². The van der Waals surface area contributed by atoms with Crippen molar-refractivity contribution in [3.8, 4) is 0 Å². The topological polar surface area (TPSA) is 58.6 Å². The van der Waals surface area contributed by atoms with Gasteiger partial charge in [-0.3, -0.25) is 13.9 Å². The van der Waals surface area contributed by atoms with E-state index < -0.39 is 17.6 Å². The fraction of sp³-hybridized carbons (Fsp3) is 0.120. The molecule has 3 aromatic rings. The number of hydrogen-bond acceptors (Lipinski definition) is 5. The van der Waals surface area contributed by atoms with Crippen molar-refractivity contribution >= 4 is 35.1 Å². The zero-order chi connectivity index (χ0) is 24.3. The van der Waals surface area contributed by atoms with E-state index in [2.05, 4.69) is 5.32 Å². The number of carbonyl (C=O) groups is 2. The van der Waals surface area contributed by atoms with Crippen LogP contribution >= 0.6 is 11.9 Å². The molecule has 0 atom stereocenters. The maximum Gasteiger partial charge on any atom is 0.416 e. The van der Waals surface area contributed by atoms with Crippen LogP contribution < -0.4 is 5.32 Å². The van der Waals surface area contributed by atoms with Gasteiger partial charge in [-0.2, -0.15) is 13.2 Å². The smallest absolute Gasteiger partial charge is 0.416 e. The van der Waals surface area contributed by atoms with Crippen LogP contribution in [0.25, 0.3) is 5.76 Å². The second-order valence-electron chi connectivity index (χ2n) is 7.33. The zero-order valence-corrected chi connectivity index (χ0v) is 18.7. The van der Waals surface area contributed by atoms with Crippen LogP contribution in [0.3, 0.4) is 0 Å². The van der Waals surface area contributed by atoms with Gasteiger partial charge in [-0.15, -0.1) is 0 Å². The molecule has 0 fully saturated rings. The first kappa shape index (κ1) is 23.4. The number of ether oxygens (including phenoxy) is 1. The van der Waals surface area contributed by atoms with Crippen molar-refractivity contribution in [1.82, 2.24) is 4.31 Å². The van der Waals surface area contributed by atoms with Gasteiger partial charge in [0.1, 0.15) is 12.2 Å². The van der Waals surface area contributed by atoms with Crippen molar-refractivity contribution in [2.75, 3.05) is 19.0 Å². The molecular weight excluding hydrogens is 465 g/mol. The average molecular weight is 484 g/mol. The number of benzene rings is 3. The number of carbonyl (C=O) groups excluding carboxylic acids is 2. The largest absolute Gasteiger partial charge is 0.494 e. The predicted octanol–water partition coefficient (Wildman–Crippen LogP) is 5.86. The molecule has 0 saturated heterocycles. The third-order valence-corrected chi connectivity index (χ3v) is 6.11. The van der Waals surface area contributed by atoms with Gasteiger partial charge in [0.2, 0.25) is 11.7 Å². The summed E-state index contributed by atoms with van der Waals surface area (Å²) in [5, 5.41) is 2.49. The van der Waals surface area contributed by atoms with Gasteiger partial charge in [0.05, 0.1) is 12.7 Å². The number of methoxy groups -OCH3 is 1. The van der Waals surface area contributed by atoms with Crippen LogP contribution in [0.1, 0.15) is 21.5 Å². The predicted molar refractivity (Wildman–Crippen MR) is 124 cm³/mol. The molecule has 1 aliphatic rings. The normalized spacial score (nSPS) is 13.4. The van der Waals surface area contributed by atoms with E-state index in [0.29, 0.717) is 16.9 Å². The second-order valence-corrected chi connectivity index (χ2v) is 8.39. The van der Waals surface area contributed by atoms with E-state index in [-0.39, 0.29) is 23.7 Å². The lowest BCUT2D eigenvalue weighted by Gasteiger charge is -2.31. The van der Waals surface area contributed by atoms with E-state index in [1.807, 2.05) is 24.3 Å². The Morgan fingerprint density at radius 3 is 2.38 bits per heavy atom. The van der Waals surface area contributed by atoms with Crippen molar-refractivity contribution in [2.24, 2.45) is 0 Å². The number of amides is 1. The number of halogens is 3. The number of anilines is 1. The van der Waals surface area contributed by atoms with Crippen LogP contribution in [0, 0.1) is 0 Å². The highest BCUT2D eigenvalue weighted by Gasteiger charge is 2.34. The highest BCUT2D eigenvalue weighted by Crippen LogP contribution is 2.42. The Morgan fingerprint density at radius 2 is 1.68 bits per heavy atom. The third-order valence-electron chi connectivity index (χ3n) is 5.02. The molecule has 0 bridgehead atoms. The molecule has 1 aliphatic heterocycles. The third kappa shape index (κ3) is 4.94. The van der Waals surface area contributed by atoms with Crippen LogP contribution in [-0.4, -0.2) is 29.7 Å². The number of alkyl halides is 3. The first-order valence-corrected chi connectivity index (χ1v) is 11.0. The summed E-state index contributed by atoms with van der Waals surface area (Å²) in [6.07, 6.45) is -4.53. The molecule has 5 nitrogen and oxygen atoms in total. The number of fused-ring (bicyclic) bond motifs is 1. The molecule has 9 heteroatoms. The molecule has 34 heavy (non-hydrogen) atoms. The first-order chi connectivity index (χ1) is 16.3. The van der Waals surface area contributed by atoms with Gasteiger partial charge in [-0.1, -0.05) is 48.5 Å². The van der Waals surface area contributed by atoms with Crippen molar-refractivity contribution in [3.63, 3.8) is 0 Å². The highest BCUT2D eigenvalue weighted by molar-refractivity contribution is 7.97. The maximum atomic E-state index is 13.4. The Morgan fingerprint density at radius 1 is 0.971 bits per heavy atom. The molecular formula is C25H19F3N2O3S. The molecule has 3 aromatic carbocycles. The zero-order valence-electron chi connectivity index (χ0n) is 17.9. The fourth-order valence-electron chi connectivity index (χ4n) is 3.50. The summed E-state index contributed by atoms with van der Waals surface area (Å²) in [4.78, 5) is 27.0. The summed E-state index contributed by atoms with van der Waals surface area (Å²) in [6.45, 7) is -0.296. The number of ketones is 1. The Hall–Kier alpha value is -3.72. The van der Waals surface area contributed by atoms with E-state index in [1.165, 1.54) is 35.5 Å². The summed E-state index contributed by atoms with van der Waals surface area (Å²) < 4.78 is 46.2. The number of hydrogen-bond donors (Lipinski definition) is 1. The summed E-state index contributed by atoms with van der Waals surface area (Å²) in [6, 6.07) is 20.2. The lowest BCUT2D eigenvalue weighted by atomic mass is 10.0. The lowest BCUT2D eigenvalue weighted by Crippen LogP contribution is -2.33. The molecule has 0 aliphatic carbocycles. The number of nitrogens with zero attached hydrogens (tertiary/aromatic N) is 1. The van der Waals surface area contributed by atoms with E-state index >= 15 is 0 Å². The average Bonchev–Trinajstić information content (AvgIpc) is 2.83. The number of nitrogens with one attached hydrogen (secondary N) is 1. The maximum absolute atomic E-state index is 13.4. The molecule has 0 spiro atoms. The van der Waals surface area contributed by atoms with Crippen LogP contribution in [0.4, 0.5) is 18.9 Å². The van der Waals surface area contributed by atoms with Crippen molar-refractivity contribution in [3.05, 3.63) is 101 Å². The van der Waals surface area contributed by atoms with E-state index in [0.717, 1.165) is 17.0 Å². The highest BCUT2D eigenvalue weighted by atomic mass is 32.2. The monoisotopic (exact) mass is 484 g/mol. The molecule has 174 valence electrons. The molecule has 0 aromatic heterocycles. The van der Waals surface area contributed by atoms with Gasteiger partial charge in [-0.25, -0.2) is 0 Å². The first-order valence-electron chi connectivity index (χ1n) is 10.2. The molecule has 0 radical (unpaired) electrons. The Labute approximate surface area is 198 Å². The van der Waals surface area contributed by atoms with Crippen LogP contribution in [0.15, 0.2) is 89.5 Å². The quantitative estimate of drug-likeness (QED) is 0.351. The van der Waals surface area contributed by atoms with Gasteiger partial charge in [0.15, 0.2) is 5.76 Å². The number of Topliss-reactive ketones (excluding diaryl/α,β-unsaturated/α-hetero) is 1. The molecule has 0 unspecified atom stereocenters. The molecule has 4 rings (SSSR count). The van der Waals surface area contributed by atoms with Gasteiger partial charge in [-0.05, 0) is 42.3 Å². The van der Waals surface area contributed by atoms with Gasteiger partial charge in [0.25, 0.3) is 0 Å². The van der Waals surface area contributed by atoms with E-state index in [9.17, 15) is 22.8 Å². The molecule has 1 N–H and O–H groups in total. The van der Waals surface area contributed by atoms with Crippen LogP contribution in [0.5, 0.6) is 0 Å². The van der Waals surface area contributed by atoms with Crippen molar-refractivity contribution < 1.29 is 27.5 Å². The lowest BCUT2D eigenvalue weighted by molar-refractivity contribution is -0.137. The summed E-state index contributed by atoms with van der Waals surface area (Å²) in [5.41, 5.74) is 0.443. The number of allylic oxidation sites excluding steroid dienone is 1. The molecule has 0 saturated carbocycles. The summed E-state index contributed by atoms with van der Waals surface area (Å²) in [7, 11) is 1.45. The Bertz CT molecular complexity index is 1260. The summed E-state index contributed by atoms with van der Waals surface area (Å²) in [5.74, 6) is -0.610. The van der Waals surface area contributed by atoms with Crippen LogP contribution in [-0.2, 0) is 15.7 Å².